The minimum Gasteiger partial charge on any atom is -0.366 e. The third-order valence-corrected chi connectivity index (χ3v) is 2.92. The number of nitrogens with zero attached hydrogens (tertiary/aromatic N) is 5. The molecule has 0 radical (unpaired) electrons. The topological polar surface area (TPSA) is 79.4 Å². The van der Waals surface area contributed by atoms with Crippen molar-refractivity contribution in [3.63, 3.8) is 0 Å². The van der Waals surface area contributed by atoms with Crippen molar-refractivity contribution >= 4 is 5.82 Å². The second kappa shape index (κ2) is 5.84. The van der Waals surface area contributed by atoms with Crippen LogP contribution in [0.15, 0.2) is 55.1 Å². The number of hydrogen-bond donors (Lipinski definition) is 1. The average Bonchev–Trinajstić information content (AvgIpc) is 3.08. The predicted molar refractivity (Wildman–Crippen MR) is 77.6 cm³/mol. The molecule has 3 rings (SSSR count). The highest BCUT2D eigenvalue weighted by atomic mass is 15.3. The highest BCUT2D eigenvalue weighted by molar-refractivity contribution is 5.40. The van der Waals surface area contributed by atoms with Gasteiger partial charge in [-0.3, -0.25) is 0 Å². The lowest BCUT2D eigenvalue weighted by molar-refractivity contribution is 0.843. The molecule has 0 unspecified atom stereocenters. The third kappa shape index (κ3) is 3.04. The van der Waals surface area contributed by atoms with E-state index in [0.29, 0.717) is 12.1 Å². The molecule has 3 aromatic heterocycles. The van der Waals surface area contributed by atoms with Crippen LogP contribution in [-0.4, -0.2) is 19.7 Å². The molecule has 0 amide bonds. The van der Waals surface area contributed by atoms with Crippen LogP contribution in [0.2, 0.25) is 0 Å². The summed E-state index contributed by atoms with van der Waals surface area (Å²) in [6.45, 7) is 0.621. The zero-order valence-corrected chi connectivity index (χ0v) is 11.1. The van der Waals surface area contributed by atoms with E-state index in [1.165, 1.54) is 0 Å². The maximum Gasteiger partial charge on any atom is 0.153 e. The lowest BCUT2D eigenvalue weighted by Gasteiger charge is -2.07. The van der Waals surface area contributed by atoms with Crippen LogP contribution in [0.5, 0.6) is 0 Å². The maximum absolute atomic E-state index is 8.73. The quantitative estimate of drug-likeness (QED) is 0.789. The van der Waals surface area contributed by atoms with Gasteiger partial charge in [0.25, 0.3) is 0 Å². The summed E-state index contributed by atoms with van der Waals surface area (Å²) in [4.78, 5) is 8.45. The molecule has 0 saturated carbocycles. The fourth-order valence-electron chi connectivity index (χ4n) is 1.86. The van der Waals surface area contributed by atoms with Crippen LogP contribution >= 0.6 is 0 Å². The van der Waals surface area contributed by atoms with Crippen LogP contribution in [0.25, 0.3) is 5.82 Å². The second-order valence-corrected chi connectivity index (χ2v) is 4.37. The average molecular weight is 276 g/mol. The lowest BCUT2D eigenvalue weighted by atomic mass is 10.2. The van der Waals surface area contributed by atoms with Crippen molar-refractivity contribution in [2.75, 3.05) is 5.32 Å². The number of hydrogen-bond acceptors (Lipinski definition) is 5. The molecule has 3 aromatic rings. The molecule has 1 N–H and O–H groups in total. The molecule has 0 aliphatic heterocycles. The minimum atomic E-state index is 0.547. The Labute approximate surface area is 121 Å². The predicted octanol–water partition coefficient (Wildman–Crippen LogP) is 2.15. The van der Waals surface area contributed by atoms with Crippen molar-refractivity contribution < 1.29 is 0 Å². The Morgan fingerprint density at radius 3 is 2.86 bits per heavy atom. The second-order valence-electron chi connectivity index (χ2n) is 4.37. The Balaban J connectivity index is 1.70. The Hall–Kier alpha value is -3.20. The van der Waals surface area contributed by atoms with Gasteiger partial charge >= 0.3 is 0 Å². The van der Waals surface area contributed by atoms with E-state index in [2.05, 4.69) is 20.4 Å². The molecule has 3 heterocycles. The fourth-order valence-corrected chi connectivity index (χ4v) is 1.86. The van der Waals surface area contributed by atoms with Crippen LogP contribution in [-0.2, 0) is 6.54 Å². The highest BCUT2D eigenvalue weighted by Crippen LogP contribution is 2.09. The van der Waals surface area contributed by atoms with E-state index in [9.17, 15) is 0 Å². The summed E-state index contributed by atoms with van der Waals surface area (Å²) >= 11 is 0. The van der Waals surface area contributed by atoms with Crippen LogP contribution in [0.1, 0.15) is 11.1 Å². The van der Waals surface area contributed by atoms with E-state index < -0.39 is 0 Å². The molecule has 0 aliphatic carbocycles. The largest absolute Gasteiger partial charge is 0.366 e. The SMILES string of the molecule is N#Cc1ccc(NCc2ccnc(-n3cccn3)c2)nc1. The fraction of sp³-hybridized carbons (Fsp3) is 0.0667. The molecule has 21 heavy (non-hydrogen) atoms. The van der Waals surface area contributed by atoms with Crippen molar-refractivity contribution in [2.45, 2.75) is 6.54 Å². The van der Waals surface area contributed by atoms with Crippen LogP contribution < -0.4 is 5.32 Å². The van der Waals surface area contributed by atoms with Crippen molar-refractivity contribution in [3.05, 3.63) is 66.2 Å². The first-order valence-corrected chi connectivity index (χ1v) is 6.40. The van der Waals surface area contributed by atoms with Crippen molar-refractivity contribution in [1.29, 1.82) is 5.26 Å². The van der Waals surface area contributed by atoms with Gasteiger partial charge in [-0.05, 0) is 35.9 Å². The summed E-state index contributed by atoms with van der Waals surface area (Å²) in [5, 5.41) is 16.1. The molecule has 6 heteroatoms. The van der Waals surface area contributed by atoms with E-state index in [4.69, 9.17) is 5.26 Å². The van der Waals surface area contributed by atoms with Gasteiger partial charge in [0, 0.05) is 31.3 Å². The molecule has 0 aromatic carbocycles. The molecule has 0 aliphatic rings. The molecule has 6 nitrogen and oxygen atoms in total. The Bertz CT molecular complexity index is 756. The molecular weight excluding hydrogens is 264 g/mol. The Morgan fingerprint density at radius 1 is 1.19 bits per heavy atom. The van der Waals surface area contributed by atoms with E-state index in [-0.39, 0.29) is 0 Å². The number of aromatic nitrogens is 4. The maximum atomic E-state index is 8.73. The van der Waals surface area contributed by atoms with Crippen molar-refractivity contribution in [1.82, 2.24) is 19.7 Å². The summed E-state index contributed by atoms with van der Waals surface area (Å²) < 4.78 is 1.71. The van der Waals surface area contributed by atoms with E-state index >= 15 is 0 Å². The normalized spacial score (nSPS) is 10.0. The molecular formula is C15H12N6. The first-order chi connectivity index (χ1) is 10.3. The van der Waals surface area contributed by atoms with Gasteiger partial charge in [-0.2, -0.15) is 10.4 Å². The van der Waals surface area contributed by atoms with Gasteiger partial charge < -0.3 is 5.32 Å². The van der Waals surface area contributed by atoms with Gasteiger partial charge in [0.1, 0.15) is 11.9 Å². The molecule has 0 atom stereocenters. The molecule has 0 spiro atoms. The van der Waals surface area contributed by atoms with E-state index in [1.54, 1.807) is 35.4 Å². The number of nitrogens with one attached hydrogen (secondary N) is 1. The zero-order chi connectivity index (χ0) is 14.5. The van der Waals surface area contributed by atoms with Crippen molar-refractivity contribution in [3.8, 4) is 11.9 Å². The molecule has 0 fully saturated rings. The molecule has 0 saturated heterocycles. The van der Waals surface area contributed by atoms with E-state index in [1.807, 2.05) is 30.5 Å². The summed E-state index contributed by atoms with van der Waals surface area (Å²) in [5.74, 6) is 1.50. The Kier molecular flexibility index (Phi) is 3.56. The first kappa shape index (κ1) is 12.8. The summed E-state index contributed by atoms with van der Waals surface area (Å²) in [5.41, 5.74) is 1.62. The number of pyridine rings is 2. The van der Waals surface area contributed by atoms with Gasteiger partial charge in [0.05, 0.1) is 5.56 Å². The molecule has 0 bridgehead atoms. The standard InChI is InChI=1S/C15H12N6/c16-9-13-2-3-14(19-11-13)18-10-12-4-6-17-15(8-12)21-7-1-5-20-21/h1-8,11H,10H2,(H,18,19). The van der Waals surface area contributed by atoms with Gasteiger partial charge in [-0.25, -0.2) is 14.6 Å². The number of anilines is 1. The molecule has 102 valence electrons. The van der Waals surface area contributed by atoms with Gasteiger partial charge in [0.15, 0.2) is 5.82 Å². The Morgan fingerprint density at radius 2 is 2.14 bits per heavy atom. The minimum absolute atomic E-state index is 0.547. The highest BCUT2D eigenvalue weighted by Gasteiger charge is 2.01. The summed E-state index contributed by atoms with van der Waals surface area (Å²) in [7, 11) is 0. The van der Waals surface area contributed by atoms with Crippen LogP contribution in [0, 0.1) is 11.3 Å². The third-order valence-electron chi connectivity index (χ3n) is 2.92. The van der Waals surface area contributed by atoms with Crippen LogP contribution in [0.4, 0.5) is 5.82 Å². The van der Waals surface area contributed by atoms with Crippen LogP contribution in [0.3, 0.4) is 0 Å². The van der Waals surface area contributed by atoms with Crippen molar-refractivity contribution in [2.24, 2.45) is 0 Å². The summed E-state index contributed by atoms with van der Waals surface area (Å²) in [6.07, 6.45) is 6.86. The summed E-state index contributed by atoms with van der Waals surface area (Å²) in [6, 6.07) is 11.3. The van der Waals surface area contributed by atoms with Gasteiger partial charge in [0.2, 0.25) is 0 Å². The monoisotopic (exact) mass is 276 g/mol. The number of rotatable bonds is 4. The first-order valence-electron chi connectivity index (χ1n) is 6.40. The smallest absolute Gasteiger partial charge is 0.153 e. The lowest BCUT2D eigenvalue weighted by Crippen LogP contribution is -2.04. The van der Waals surface area contributed by atoms with Gasteiger partial charge in [-0.15, -0.1) is 0 Å². The van der Waals surface area contributed by atoms with E-state index in [0.717, 1.165) is 17.2 Å². The number of nitriles is 1. The zero-order valence-electron chi connectivity index (χ0n) is 11.1. The van der Waals surface area contributed by atoms with Gasteiger partial charge in [-0.1, -0.05) is 0 Å².